The molecule has 1 aliphatic carbocycles. The van der Waals surface area contributed by atoms with E-state index in [0.29, 0.717) is 5.41 Å². The Balaban J connectivity index is 0.000000791. The minimum Gasteiger partial charge on any atom is -0.393 e. The van der Waals surface area contributed by atoms with Crippen LogP contribution in [-0.4, -0.2) is 11.2 Å². The molecule has 1 heteroatoms. The van der Waals surface area contributed by atoms with Crippen molar-refractivity contribution >= 4 is 0 Å². The molecule has 1 aliphatic rings. The zero-order valence-corrected chi connectivity index (χ0v) is 10.6. The molecule has 0 heterocycles. The first-order chi connectivity index (χ1) is 6.56. The first kappa shape index (κ1) is 14.0. The van der Waals surface area contributed by atoms with E-state index in [0.717, 1.165) is 18.8 Å². The molecule has 0 aromatic rings. The maximum absolute atomic E-state index is 9.37. The Bertz CT molecular complexity index is 132. The van der Waals surface area contributed by atoms with Gasteiger partial charge in [-0.2, -0.15) is 0 Å². The van der Waals surface area contributed by atoms with E-state index in [-0.39, 0.29) is 6.10 Å². The second-order valence-corrected chi connectivity index (χ2v) is 4.85. The van der Waals surface area contributed by atoms with Crippen LogP contribution >= 0.6 is 0 Å². The smallest absolute Gasteiger partial charge is 0.0540 e. The number of hydrogen-bond acceptors (Lipinski definition) is 1. The summed E-state index contributed by atoms with van der Waals surface area (Å²) in [6, 6.07) is 0. The van der Waals surface area contributed by atoms with Gasteiger partial charge in [-0.25, -0.2) is 0 Å². The van der Waals surface area contributed by atoms with Crippen molar-refractivity contribution in [2.75, 3.05) is 0 Å². The molecule has 1 saturated carbocycles. The molecule has 86 valence electrons. The highest BCUT2D eigenvalue weighted by molar-refractivity contribution is 4.82. The third-order valence-electron chi connectivity index (χ3n) is 3.71. The van der Waals surface area contributed by atoms with E-state index in [1.165, 1.54) is 19.3 Å². The Labute approximate surface area is 89.9 Å². The Kier molecular flexibility index (Phi) is 6.43. The zero-order valence-electron chi connectivity index (χ0n) is 10.6. The second-order valence-electron chi connectivity index (χ2n) is 4.85. The average molecular weight is 200 g/mol. The van der Waals surface area contributed by atoms with Crippen molar-refractivity contribution in [3.8, 4) is 0 Å². The molecule has 0 unspecified atom stereocenters. The van der Waals surface area contributed by atoms with Gasteiger partial charge in [-0.3, -0.25) is 0 Å². The molecule has 1 rings (SSSR count). The average Bonchev–Trinajstić information content (AvgIpc) is 2.21. The minimum absolute atomic E-state index is 0.00564. The maximum Gasteiger partial charge on any atom is 0.0540 e. The predicted octanol–water partition coefficient (Wildman–Crippen LogP) is 4.00. The van der Waals surface area contributed by atoms with Crippen LogP contribution in [0.25, 0.3) is 0 Å². The van der Waals surface area contributed by atoms with Gasteiger partial charge >= 0.3 is 0 Å². The molecule has 0 atom stereocenters. The molecule has 0 spiro atoms. The van der Waals surface area contributed by atoms with Gasteiger partial charge in [0.15, 0.2) is 0 Å². The summed E-state index contributed by atoms with van der Waals surface area (Å²) in [7, 11) is 0. The summed E-state index contributed by atoms with van der Waals surface area (Å²) >= 11 is 0. The molecule has 0 saturated heterocycles. The minimum atomic E-state index is -0.00564. The van der Waals surface area contributed by atoms with Gasteiger partial charge < -0.3 is 5.11 Å². The van der Waals surface area contributed by atoms with Crippen LogP contribution in [0.5, 0.6) is 0 Å². The van der Waals surface area contributed by atoms with Crippen LogP contribution < -0.4 is 0 Å². The molecule has 1 fully saturated rings. The van der Waals surface area contributed by atoms with Crippen molar-refractivity contribution in [1.82, 2.24) is 0 Å². The van der Waals surface area contributed by atoms with Crippen LogP contribution in [0.4, 0.5) is 0 Å². The van der Waals surface area contributed by atoms with Crippen molar-refractivity contribution < 1.29 is 5.11 Å². The first-order valence-corrected chi connectivity index (χ1v) is 6.24. The normalized spacial score (nSPS) is 27.9. The summed E-state index contributed by atoms with van der Waals surface area (Å²) in [5.41, 5.74) is 0.486. The number of aliphatic hydroxyl groups is 1. The molecule has 0 aliphatic heterocycles. The van der Waals surface area contributed by atoms with Crippen molar-refractivity contribution in [3.63, 3.8) is 0 Å². The highest BCUT2D eigenvalue weighted by atomic mass is 16.3. The van der Waals surface area contributed by atoms with Crippen molar-refractivity contribution in [1.29, 1.82) is 0 Å². The molecule has 14 heavy (non-hydrogen) atoms. The molecule has 0 amide bonds. The quantitative estimate of drug-likeness (QED) is 0.714. The van der Waals surface area contributed by atoms with Crippen molar-refractivity contribution in [2.24, 2.45) is 11.3 Å². The molecule has 1 nitrogen and oxygen atoms in total. The van der Waals surface area contributed by atoms with E-state index < -0.39 is 0 Å². The topological polar surface area (TPSA) is 20.2 Å². The number of aliphatic hydroxyl groups excluding tert-OH is 1. The van der Waals surface area contributed by atoms with Gasteiger partial charge in [0.2, 0.25) is 0 Å². The van der Waals surface area contributed by atoms with Gasteiger partial charge in [0.1, 0.15) is 0 Å². The van der Waals surface area contributed by atoms with Crippen LogP contribution in [0.2, 0.25) is 0 Å². The van der Waals surface area contributed by atoms with E-state index in [1.807, 2.05) is 13.8 Å². The van der Waals surface area contributed by atoms with Gasteiger partial charge in [0.25, 0.3) is 0 Å². The van der Waals surface area contributed by atoms with Crippen LogP contribution in [0, 0.1) is 11.3 Å². The summed E-state index contributed by atoms with van der Waals surface area (Å²) in [4.78, 5) is 0. The van der Waals surface area contributed by atoms with Crippen molar-refractivity contribution in [2.45, 2.75) is 72.8 Å². The van der Waals surface area contributed by atoms with Gasteiger partial charge in [0, 0.05) is 0 Å². The summed E-state index contributed by atoms with van der Waals surface area (Å²) in [5, 5.41) is 9.37. The van der Waals surface area contributed by atoms with Gasteiger partial charge in [-0.05, 0) is 37.0 Å². The summed E-state index contributed by atoms with van der Waals surface area (Å²) < 4.78 is 0. The Morgan fingerprint density at radius 3 is 1.86 bits per heavy atom. The Morgan fingerprint density at radius 2 is 1.50 bits per heavy atom. The van der Waals surface area contributed by atoms with Crippen LogP contribution in [0.1, 0.15) is 66.7 Å². The van der Waals surface area contributed by atoms with E-state index >= 15 is 0 Å². The molecular formula is C13H28O. The SMILES string of the molecule is CC.CCC(C)(C)C1CCC(O)CC1. The summed E-state index contributed by atoms with van der Waals surface area (Å²) in [6.07, 6.45) is 5.74. The Hall–Kier alpha value is -0.0400. The Morgan fingerprint density at radius 1 is 1.07 bits per heavy atom. The van der Waals surface area contributed by atoms with Crippen LogP contribution in [0.15, 0.2) is 0 Å². The highest BCUT2D eigenvalue weighted by Crippen LogP contribution is 2.40. The monoisotopic (exact) mass is 200 g/mol. The molecule has 1 N–H and O–H groups in total. The fourth-order valence-corrected chi connectivity index (χ4v) is 2.15. The highest BCUT2D eigenvalue weighted by Gasteiger charge is 2.30. The fourth-order valence-electron chi connectivity index (χ4n) is 2.15. The fraction of sp³-hybridized carbons (Fsp3) is 1.00. The molecule has 0 bridgehead atoms. The zero-order chi connectivity index (χ0) is 11.2. The van der Waals surface area contributed by atoms with E-state index in [1.54, 1.807) is 0 Å². The van der Waals surface area contributed by atoms with Gasteiger partial charge in [-0.15, -0.1) is 0 Å². The standard InChI is InChI=1S/C11H22O.C2H6/c1-4-11(2,3)9-5-7-10(12)8-6-9;1-2/h9-10,12H,4-8H2,1-3H3;1-2H3. The molecule has 0 radical (unpaired) electrons. The summed E-state index contributed by atoms with van der Waals surface area (Å²) in [5.74, 6) is 0.839. The number of hydrogen-bond donors (Lipinski definition) is 1. The predicted molar refractivity (Wildman–Crippen MR) is 63.4 cm³/mol. The lowest BCUT2D eigenvalue weighted by atomic mass is 9.69. The molecular weight excluding hydrogens is 172 g/mol. The lowest BCUT2D eigenvalue weighted by Gasteiger charge is -2.37. The lowest BCUT2D eigenvalue weighted by Crippen LogP contribution is -2.29. The van der Waals surface area contributed by atoms with Crippen molar-refractivity contribution in [3.05, 3.63) is 0 Å². The van der Waals surface area contributed by atoms with E-state index in [9.17, 15) is 5.11 Å². The molecule has 0 aromatic carbocycles. The van der Waals surface area contributed by atoms with Gasteiger partial charge in [-0.1, -0.05) is 41.0 Å². The lowest BCUT2D eigenvalue weighted by molar-refractivity contribution is 0.0639. The van der Waals surface area contributed by atoms with Crippen LogP contribution in [0.3, 0.4) is 0 Å². The van der Waals surface area contributed by atoms with E-state index in [4.69, 9.17) is 0 Å². The summed E-state index contributed by atoms with van der Waals surface area (Å²) in [6.45, 7) is 11.0. The second kappa shape index (κ2) is 6.44. The maximum atomic E-state index is 9.37. The van der Waals surface area contributed by atoms with Crippen LogP contribution in [-0.2, 0) is 0 Å². The third-order valence-corrected chi connectivity index (χ3v) is 3.71. The number of rotatable bonds is 2. The first-order valence-electron chi connectivity index (χ1n) is 6.24. The van der Waals surface area contributed by atoms with Gasteiger partial charge in [0.05, 0.1) is 6.10 Å². The third kappa shape index (κ3) is 4.00. The molecule has 0 aromatic heterocycles. The largest absolute Gasteiger partial charge is 0.393 e. The van der Waals surface area contributed by atoms with E-state index in [2.05, 4.69) is 20.8 Å².